The number of carbonyl (C=O) groups is 2. The summed E-state index contributed by atoms with van der Waals surface area (Å²) in [5.74, 6) is 1.46. The van der Waals surface area contributed by atoms with Crippen LogP contribution in [0.1, 0.15) is 34.3 Å². The summed E-state index contributed by atoms with van der Waals surface area (Å²) in [5.41, 5.74) is 2.80. The Kier molecular flexibility index (Phi) is 7.16. The Hall–Kier alpha value is -3.67. The molecule has 0 N–H and O–H groups in total. The van der Waals surface area contributed by atoms with Crippen LogP contribution in [0.2, 0.25) is 0 Å². The van der Waals surface area contributed by atoms with Crippen molar-refractivity contribution in [1.82, 2.24) is 4.98 Å². The average molecular weight is 405 g/mol. The molecule has 0 aliphatic rings. The van der Waals surface area contributed by atoms with Crippen molar-refractivity contribution in [3.8, 4) is 17.2 Å². The van der Waals surface area contributed by atoms with E-state index in [9.17, 15) is 9.59 Å². The normalized spacial score (nSPS) is 10.9. The van der Waals surface area contributed by atoms with Gasteiger partial charge in [0.2, 0.25) is 5.89 Å². The van der Waals surface area contributed by atoms with Gasteiger partial charge in [-0.1, -0.05) is 24.3 Å². The number of ether oxygens (including phenoxy) is 2. The van der Waals surface area contributed by atoms with Gasteiger partial charge < -0.3 is 13.9 Å². The number of hydrogen-bond donors (Lipinski definition) is 0. The second-order valence-corrected chi connectivity index (χ2v) is 6.48. The van der Waals surface area contributed by atoms with Gasteiger partial charge in [0.25, 0.3) is 0 Å². The fourth-order valence-corrected chi connectivity index (χ4v) is 2.87. The number of aldehydes is 1. The first-order chi connectivity index (χ1) is 14.6. The van der Waals surface area contributed by atoms with E-state index in [0.717, 1.165) is 23.3 Å². The number of nitrogens with zero attached hydrogens (tertiary/aromatic N) is 1. The second kappa shape index (κ2) is 10.2. The van der Waals surface area contributed by atoms with Crippen LogP contribution in [0.4, 0.5) is 0 Å². The zero-order valence-electron chi connectivity index (χ0n) is 17.0. The zero-order valence-corrected chi connectivity index (χ0v) is 17.0. The molecule has 0 bridgehead atoms. The highest BCUT2D eigenvalue weighted by Gasteiger charge is 2.11. The molecule has 0 amide bonds. The Bertz CT molecular complexity index is 1040. The van der Waals surface area contributed by atoms with Crippen LogP contribution in [0.15, 0.2) is 59.0 Å². The minimum Gasteiger partial charge on any atom is -0.493 e. The van der Waals surface area contributed by atoms with Crippen molar-refractivity contribution in [2.24, 2.45) is 0 Å². The van der Waals surface area contributed by atoms with Gasteiger partial charge in [0, 0.05) is 23.6 Å². The van der Waals surface area contributed by atoms with Gasteiger partial charge in [-0.15, -0.1) is 0 Å². The number of aromatic nitrogens is 1. The molecule has 0 spiro atoms. The highest BCUT2D eigenvalue weighted by Crippen LogP contribution is 2.22. The number of carbonyl (C=O) groups excluding carboxylic acids is 2. The molecule has 3 rings (SSSR count). The smallest absolute Gasteiger partial charge is 0.330 e. The van der Waals surface area contributed by atoms with E-state index < -0.39 is 5.97 Å². The van der Waals surface area contributed by atoms with Crippen LogP contribution in [-0.4, -0.2) is 30.5 Å². The molecule has 0 radical (unpaired) electrons. The fraction of sp³-hybridized carbons (Fsp3) is 0.208. The third-order valence-electron chi connectivity index (χ3n) is 4.39. The molecule has 1 aromatic heterocycles. The summed E-state index contributed by atoms with van der Waals surface area (Å²) in [6.45, 7) is 4.30. The van der Waals surface area contributed by atoms with Crippen molar-refractivity contribution in [2.75, 3.05) is 13.2 Å². The van der Waals surface area contributed by atoms with Crippen molar-refractivity contribution < 1.29 is 23.5 Å². The topological polar surface area (TPSA) is 78.6 Å². The maximum atomic E-state index is 11.4. The van der Waals surface area contributed by atoms with E-state index in [1.807, 2.05) is 37.3 Å². The van der Waals surface area contributed by atoms with Gasteiger partial charge in [-0.2, -0.15) is 0 Å². The van der Waals surface area contributed by atoms with Gasteiger partial charge in [-0.3, -0.25) is 4.79 Å². The minimum absolute atomic E-state index is 0.300. The Morgan fingerprint density at radius 1 is 1.13 bits per heavy atom. The predicted octanol–water partition coefficient (Wildman–Crippen LogP) is 4.66. The molecule has 0 aliphatic carbocycles. The lowest BCUT2D eigenvalue weighted by atomic mass is 10.1. The summed E-state index contributed by atoms with van der Waals surface area (Å²) in [7, 11) is 0. The third-order valence-corrected chi connectivity index (χ3v) is 4.39. The predicted molar refractivity (Wildman–Crippen MR) is 113 cm³/mol. The fourth-order valence-electron chi connectivity index (χ4n) is 2.87. The maximum Gasteiger partial charge on any atom is 0.330 e. The monoisotopic (exact) mass is 405 g/mol. The Morgan fingerprint density at radius 2 is 1.93 bits per heavy atom. The molecule has 0 saturated carbocycles. The first-order valence-corrected chi connectivity index (χ1v) is 9.69. The van der Waals surface area contributed by atoms with Crippen molar-refractivity contribution in [3.63, 3.8) is 0 Å². The lowest BCUT2D eigenvalue weighted by Crippen LogP contribution is -2.03. The van der Waals surface area contributed by atoms with Gasteiger partial charge in [0.1, 0.15) is 11.5 Å². The van der Waals surface area contributed by atoms with Crippen molar-refractivity contribution in [3.05, 3.63) is 77.2 Å². The van der Waals surface area contributed by atoms with E-state index in [-0.39, 0.29) is 0 Å². The second-order valence-electron chi connectivity index (χ2n) is 6.48. The molecule has 154 valence electrons. The molecule has 0 fully saturated rings. The summed E-state index contributed by atoms with van der Waals surface area (Å²) < 4.78 is 16.4. The van der Waals surface area contributed by atoms with Crippen LogP contribution < -0.4 is 4.74 Å². The molecular formula is C24H23NO5. The van der Waals surface area contributed by atoms with Crippen LogP contribution in [0.3, 0.4) is 0 Å². The Labute approximate surface area is 175 Å². The van der Waals surface area contributed by atoms with Crippen LogP contribution >= 0.6 is 0 Å². The summed E-state index contributed by atoms with van der Waals surface area (Å²) in [6, 6.07) is 14.8. The van der Waals surface area contributed by atoms with Crippen LogP contribution in [0.5, 0.6) is 5.75 Å². The molecular weight excluding hydrogens is 382 g/mol. The number of benzene rings is 2. The first-order valence-electron chi connectivity index (χ1n) is 9.69. The molecule has 0 unspecified atom stereocenters. The van der Waals surface area contributed by atoms with Gasteiger partial charge >= 0.3 is 5.97 Å². The van der Waals surface area contributed by atoms with Crippen molar-refractivity contribution in [2.45, 2.75) is 20.3 Å². The van der Waals surface area contributed by atoms with E-state index in [1.54, 1.807) is 31.2 Å². The first kappa shape index (κ1) is 21.0. The standard InChI is InChI=1S/C24H23NO5/c1-3-28-23(27)12-10-18-9-11-21(15-20(18)16-26)29-14-13-22-17(2)30-24(25-22)19-7-5-4-6-8-19/h4-12,15-16H,3,13-14H2,1-2H3. The molecule has 1 heterocycles. The number of esters is 1. The maximum absolute atomic E-state index is 11.4. The van der Waals surface area contributed by atoms with E-state index in [4.69, 9.17) is 13.9 Å². The minimum atomic E-state index is -0.451. The van der Waals surface area contributed by atoms with Crippen molar-refractivity contribution >= 4 is 18.3 Å². The average Bonchev–Trinajstić information content (AvgIpc) is 3.14. The molecule has 0 atom stereocenters. The summed E-state index contributed by atoms with van der Waals surface area (Å²) in [4.78, 5) is 27.4. The molecule has 3 aromatic rings. The van der Waals surface area contributed by atoms with Gasteiger partial charge in [-0.05, 0) is 49.8 Å². The molecule has 0 aliphatic heterocycles. The van der Waals surface area contributed by atoms with E-state index in [2.05, 4.69) is 4.98 Å². The van der Waals surface area contributed by atoms with E-state index >= 15 is 0 Å². The number of rotatable bonds is 9. The summed E-state index contributed by atoms with van der Waals surface area (Å²) >= 11 is 0. The number of hydrogen-bond acceptors (Lipinski definition) is 6. The lowest BCUT2D eigenvalue weighted by molar-refractivity contribution is -0.137. The zero-order chi connectivity index (χ0) is 21.3. The molecule has 30 heavy (non-hydrogen) atoms. The molecule has 2 aromatic carbocycles. The Morgan fingerprint density at radius 3 is 2.67 bits per heavy atom. The number of oxazole rings is 1. The quantitative estimate of drug-likeness (QED) is 0.293. The Balaban J connectivity index is 1.62. The molecule has 0 saturated heterocycles. The van der Waals surface area contributed by atoms with Gasteiger partial charge in [0.15, 0.2) is 6.29 Å². The van der Waals surface area contributed by atoms with Gasteiger partial charge in [0.05, 0.1) is 18.9 Å². The van der Waals surface area contributed by atoms with E-state index in [1.165, 1.54) is 6.08 Å². The van der Waals surface area contributed by atoms with Crippen LogP contribution in [0, 0.1) is 6.92 Å². The van der Waals surface area contributed by atoms with Gasteiger partial charge in [-0.25, -0.2) is 9.78 Å². The summed E-state index contributed by atoms with van der Waals surface area (Å²) in [5, 5.41) is 0. The number of aryl methyl sites for hydroxylation is 1. The molecule has 6 heteroatoms. The lowest BCUT2D eigenvalue weighted by Gasteiger charge is -2.07. The third kappa shape index (κ3) is 5.44. The van der Waals surface area contributed by atoms with Crippen molar-refractivity contribution in [1.29, 1.82) is 0 Å². The van der Waals surface area contributed by atoms with Crippen LogP contribution in [0.25, 0.3) is 17.5 Å². The van der Waals surface area contributed by atoms with Crippen LogP contribution in [-0.2, 0) is 16.0 Å². The molecule has 6 nitrogen and oxygen atoms in total. The van der Waals surface area contributed by atoms with E-state index in [0.29, 0.717) is 42.4 Å². The summed E-state index contributed by atoms with van der Waals surface area (Å²) in [6.07, 6.45) is 4.15. The highest BCUT2D eigenvalue weighted by atomic mass is 16.5. The SMILES string of the molecule is CCOC(=O)C=Cc1ccc(OCCc2nc(-c3ccccc3)oc2C)cc1C=O. The highest BCUT2D eigenvalue weighted by molar-refractivity contribution is 5.90. The largest absolute Gasteiger partial charge is 0.493 e.